The Bertz CT molecular complexity index is 352. The number of nitrogens with one attached hydrogen (secondary N) is 1. The summed E-state index contributed by atoms with van der Waals surface area (Å²) in [6.07, 6.45) is 3.85. The molecule has 1 unspecified atom stereocenters. The van der Waals surface area contributed by atoms with E-state index in [4.69, 9.17) is 4.74 Å². The van der Waals surface area contributed by atoms with E-state index in [1.54, 1.807) is 7.11 Å². The summed E-state index contributed by atoms with van der Waals surface area (Å²) in [5.74, 6) is 2.94. The number of methoxy groups -OCH3 is 1. The molecule has 0 aliphatic carbocycles. The number of imidazole rings is 1. The SMILES string of the molecule is COCC(C)n1ccnc1NCC(C(C)C)C(C)C. The van der Waals surface area contributed by atoms with E-state index >= 15 is 0 Å². The number of rotatable bonds is 8. The topological polar surface area (TPSA) is 39.1 Å². The fourth-order valence-corrected chi connectivity index (χ4v) is 2.58. The summed E-state index contributed by atoms with van der Waals surface area (Å²) in [6.45, 7) is 12.9. The molecule has 4 nitrogen and oxygen atoms in total. The Hall–Kier alpha value is -1.03. The molecule has 1 N–H and O–H groups in total. The average molecular weight is 267 g/mol. The Balaban J connectivity index is 2.65. The minimum Gasteiger partial charge on any atom is -0.383 e. The zero-order chi connectivity index (χ0) is 14.4. The summed E-state index contributed by atoms with van der Waals surface area (Å²) in [4.78, 5) is 4.41. The van der Waals surface area contributed by atoms with E-state index in [0.717, 1.165) is 12.5 Å². The number of nitrogens with zero attached hydrogens (tertiary/aromatic N) is 2. The van der Waals surface area contributed by atoms with E-state index in [1.165, 1.54) is 0 Å². The summed E-state index contributed by atoms with van der Waals surface area (Å²) in [6, 6.07) is 0.298. The zero-order valence-electron chi connectivity index (χ0n) is 13.2. The number of hydrogen-bond acceptors (Lipinski definition) is 3. The molecule has 0 aromatic carbocycles. The van der Waals surface area contributed by atoms with Gasteiger partial charge in [0.1, 0.15) is 0 Å². The Morgan fingerprint density at radius 3 is 2.37 bits per heavy atom. The molecule has 1 aromatic rings. The summed E-state index contributed by atoms with van der Waals surface area (Å²) < 4.78 is 7.35. The second-order valence-corrected chi connectivity index (χ2v) is 6.00. The number of anilines is 1. The Morgan fingerprint density at radius 2 is 1.84 bits per heavy atom. The predicted octanol–water partition coefficient (Wildman–Crippen LogP) is 3.43. The molecule has 1 heterocycles. The van der Waals surface area contributed by atoms with Crippen molar-refractivity contribution in [3.8, 4) is 0 Å². The second-order valence-electron chi connectivity index (χ2n) is 6.00. The van der Waals surface area contributed by atoms with Crippen LogP contribution in [0.1, 0.15) is 40.7 Å². The third-order valence-electron chi connectivity index (χ3n) is 3.76. The van der Waals surface area contributed by atoms with Gasteiger partial charge in [-0.05, 0) is 24.7 Å². The Kier molecular flexibility index (Phi) is 6.35. The Labute approximate surface area is 117 Å². The minimum atomic E-state index is 0.298. The van der Waals surface area contributed by atoms with Crippen LogP contribution in [0.5, 0.6) is 0 Å². The standard InChI is InChI=1S/C15H29N3O/c1-11(2)14(12(3)4)9-17-15-16-7-8-18(15)13(5)10-19-6/h7-8,11-14H,9-10H2,1-6H3,(H,16,17). The molecule has 0 aliphatic heterocycles. The predicted molar refractivity (Wildman–Crippen MR) is 80.5 cm³/mol. The van der Waals surface area contributed by atoms with Gasteiger partial charge in [0.25, 0.3) is 0 Å². The van der Waals surface area contributed by atoms with Crippen molar-refractivity contribution < 1.29 is 4.74 Å². The zero-order valence-corrected chi connectivity index (χ0v) is 13.2. The van der Waals surface area contributed by atoms with E-state index in [9.17, 15) is 0 Å². The first-order valence-electron chi connectivity index (χ1n) is 7.23. The van der Waals surface area contributed by atoms with Crippen LogP contribution in [0.2, 0.25) is 0 Å². The largest absolute Gasteiger partial charge is 0.383 e. The highest BCUT2D eigenvalue weighted by Gasteiger charge is 2.18. The van der Waals surface area contributed by atoms with Gasteiger partial charge in [0.15, 0.2) is 0 Å². The van der Waals surface area contributed by atoms with Crippen molar-refractivity contribution in [1.82, 2.24) is 9.55 Å². The van der Waals surface area contributed by atoms with Crippen molar-refractivity contribution >= 4 is 5.95 Å². The molecule has 1 rings (SSSR count). The first-order valence-corrected chi connectivity index (χ1v) is 7.23. The lowest BCUT2D eigenvalue weighted by Crippen LogP contribution is -2.26. The molecule has 19 heavy (non-hydrogen) atoms. The highest BCUT2D eigenvalue weighted by molar-refractivity contribution is 5.26. The van der Waals surface area contributed by atoms with Crippen molar-refractivity contribution in [3.05, 3.63) is 12.4 Å². The Morgan fingerprint density at radius 1 is 1.21 bits per heavy atom. The molecule has 4 heteroatoms. The maximum atomic E-state index is 5.21. The molecular weight excluding hydrogens is 238 g/mol. The molecule has 0 aliphatic rings. The maximum absolute atomic E-state index is 5.21. The van der Waals surface area contributed by atoms with Gasteiger partial charge >= 0.3 is 0 Å². The normalized spacial score (nSPS) is 13.5. The third kappa shape index (κ3) is 4.53. The fourth-order valence-electron chi connectivity index (χ4n) is 2.58. The van der Waals surface area contributed by atoms with E-state index in [2.05, 4.69) is 49.5 Å². The molecular formula is C15H29N3O. The monoisotopic (exact) mass is 267 g/mol. The highest BCUT2D eigenvalue weighted by Crippen LogP contribution is 2.21. The minimum absolute atomic E-state index is 0.298. The van der Waals surface area contributed by atoms with Crippen molar-refractivity contribution in [2.45, 2.75) is 40.7 Å². The van der Waals surface area contributed by atoms with Gasteiger partial charge in [-0.3, -0.25) is 0 Å². The first kappa shape index (κ1) is 16.0. The number of ether oxygens (including phenoxy) is 1. The van der Waals surface area contributed by atoms with Crippen LogP contribution in [-0.2, 0) is 4.74 Å². The van der Waals surface area contributed by atoms with E-state index < -0.39 is 0 Å². The van der Waals surface area contributed by atoms with Gasteiger partial charge in [-0.15, -0.1) is 0 Å². The van der Waals surface area contributed by atoms with E-state index in [1.807, 2.05) is 12.4 Å². The second kappa shape index (κ2) is 7.53. The summed E-state index contributed by atoms with van der Waals surface area (Å²) in [5.41, 5.74) is 0. The summed E-state index contributed by atoms with van der Waals surface area (Å²) in [5, 5.41) is 3.49. The molecule has 0 fully saturated rings. The van der Waals surface area contributed by atoms with Crippen LogP contribution in [0, 0.1) is 17.8 Å². The smallest absolute Gasteiger partial charge is 0.203 e. The van der Waals surface area contributed by atoms with Gasteiger partial charge in [-0.25, -0.2) is 4.98 Å². The van der Waals surface area contributed by atoms with Gasteiger partial charge in [0, 0.05) is 26.0 Å². The lowest BCUT2D eigenvalue weighted by Gasteiger charge is -2.26. The van der Waals surface area contributed by atoms with Crippen molar-refractivity contribution in [3.63, 3.8) is 0 Å². The lowest BCUT2D eigenvalue weighted by atomic mass is 9.85. The van der Waals surface area contributed by atoms with Crippen LogP contribution in [0.15, 0.2) is 12.4 Å². The lowest BCUT2D eigenvalue weighted by molar-refractivity contribution is 0.163. The van der Waals surface area contributed by atoms with Crippen LogP contribution in [0.4, 0.5) is 5.95 Å². The fraction of sp³-hybridized carbons (Fsp3) is 0.800. The quantitative estimate of drug-likeness (QED) is 0.784. The van der Waals surface area contributed by atoms with Crippen molar-refractivity contribution in [1.29, 1.82) is 0 Å². The maximum Gasteiger partial charge on any atom is 0.203 e. The first-order chi connectivity index (χ1) is 8.97. The molecule has 0 amide bonds. The van der Waals surface area contributed by atoms with Gasteiger partial charge in [0.2, 0.25) is 5.95 Å². The number of hydrogen-bond donors (Lipinski definition) is 1. The van der Waals surface area contributed by atoms with Crippen molar-refractivity contribution in [2.24, 2.45) is 17.8 Å². The van der Waals surface area contributed by atoms with Crippen LogP contribution in [0.3, 0.4) is 0 Å². The summed E-state index contributed by atoms with van der Waals surface area (Å²) >= 11 is 0. The molecule has 0 radical (unpaired) electrons. The van der Waals surface area contributed by atoms with Crippen LogP contribution in [-0.4, -0.2) is 29.8 Å². The highest BCUT2D eigenvalue weighted by atomic mass is 16.5. The molecule has 1 aromatic heterocycles. The van der Waals surface area contributed by atoms with Crippen LogP contribution in [0.25, 0.3) is 0 Å². The van der Waals surface area contributed by atoms with E-state index in [0.29, 0.717) is 30.4 Å². The molecule has 0 bridgehead atoms. The van der Waals surface area contributed by atoms with Gasteiger partial charge in [0.05, 0.1) is 12.6 Å². The van der Waals surface area contributed by atoms with Crippen LogP contribution < -0.4 is 5.32 Å². The van der Waals surface area contributed by atoms with Gasteiger partial charge in [-0.2, -0.15) is 0 Å². The van der Waals surface area contributed by atoms with Crippen LogP contribution >= 0.6 is 0 Å². The van der Waals surface area contributed by atoms with Gasteiger partial charge < -0.3 is 14.6 Å². The molecule has 110 valence electrons. The molecule has 1 atom stereocenters. The van der Waals surface area contributed by atoms with Gasteiger partial charge in [-0.1, -0.05) is 27.7 Å². The van der Waals surface area contributed by atoms with E-state index in [-0.39, 0.29) is 0 Å². The molecule has 0 saturated heterocycles. The average Bonchev–Trinajstić information content (AvgIpc) is 2.77. The molecule has 0 saturated carbocycles. The molecule has 0 spiro atoms. The summed E-state index contributed by atoms with van der Waals surface area (Å²) in [7, 11) is 1.73. The number of aromatic nitrogens is 2. The third-order valence-corrected chi connectivity index (χ3v) is 3.76. The van der Waals surface area contributed by atoms with Crippen molar-refractivity contribution in [2.75, 3.05) is 25.6 Å².